The maximum atomic E-state index is 6.43. The maximum Gasteiger partial charge on any atom is 0.356 e. The molecule has 0 radical (unpaired) electrons. The molecular weight excluding hydrogens is 298 g/mol. The summed E-state index contributed by atoms with van der Waals surface area (Å²) in [5.41, 5.74) is 9.99. The zero-order chi connectivity index (χ0) is 16.9. The van der Waals surface area contributed by atoms with Gasteiger partial charge >= 0.3 is 5.95 Å². The van der Waals surface area contributed by atoms with Crippen LogP contribution >= 0.6 is 0 Å². The fraction of sp³-hybridized carbons (Fsp3) is 0.350. The van der Waals surface area contributed by atoms with Crippen molar-refractivity contribution in [1.82, 2.24) is 4.57 Å². The van der Waals surface area contributed by atoms with Crippen molar-refractivity contribution in [2.75, 3.05) is 12.3 Å². The van der Waals surface area contributed by atoms with Gasteiger partial charge in [-0.3, -0.25) is 5.73 Å². The van der Waals surface area contributed by atoms with Crippen molar-refractivity contribution in [3.8, 4) is 5.75 Å². The van der Waals surface area contributed by atoms with E-state index in [9.17, 15) is 0 Å². The lowest BCUT2D eigenvalue weighted by Gasteiger charge is -2.07. The molecule has 0 atom stereocenters. The van der Waals surface area contributed by atoms with Crippen LogP contribution in [0.3, 0.4) is 0 Å². The number of aryl methyl sites for hydroxylation is 2. The molecule has 3 rings (SSSR count). The third-order valence-electron chi connectivity index (χ3n) is 4.32. The zero-order valence-electron chi connectivity index (χ0n) is 14.5. The van der Waals surface area contributed by atoms with E-state index in [1.54, 1.807) is 0 Å². The van der Waals surface area contributed by atoms with Crippen LogP contribution in [0, 0.1) is 6.92 Å². The van der Waals surface area contributed by atoms with Crippen molar-refractivity contribution in [2.24, 2.45) is 0 Å². The van der Waals surface area contributed by atoms with Crippen LogP contribution in [0.1, 0.15) is 25.3 Å². The Morgan fingerprint density at radius 3 is 2.75 bits per heavy atom. The lowest BCUT2D eigenvalue weighted by atomic mass is 10.2. The normalized spacial score (nSPS) is 11.1. The standard InChI is InChI=1S/C20H25N3O/c1-3-4-12-22-18-10-5-6-11-19(18)23(20(22)21)13-14-24-17-9-7-8-16(2)15-17/h5-11,15,21H,3-4,12-14H2,1-2H3/p+1. The second-order valence-corrected chi connectivity index (χ2v) is 6.17. The Bertz CT molecular complexity index is 823. The largest absolute Gasteiger partial charge is 0.490 e. The van der Waals surface area contributed by atoms with E-state index in [4.69, 9.17) is 10.5 Å². The van der Waals surface area contributed by atoms with E-state index in [-0.39, 0.29) is 0 Å². The van der Waals surface area contributed by atoms with E-state index in [0.717, 1.165) is 37.6 Å². The lowest BCUT2D eigenvalue weighted by Crippen LogP contribution is -2.36. The number of aromatic nitrogens is 2. The molecule has 0 saturated heterocycles. The number of rotatable bonds is 7. The number of nitrogens with zero attached hydrogens (tertiary/aromatic N) is 2. The van der Waals surface area contributed by atoms with Crippen molar-refractivity contribution in [1.29, 1.82) is 0 Å². The number of unbranched alkanes of at least 4 members (excludes halogenated alkanes) is 1. The van der Waals surface area contributed by atoms with Gasteiger partial charge in [0.15, 0.2) is 0 Å². The van der Waals surface area contributed by atoms with Gasteiger partial charge in [0.2, 0.25) is 0 Å². The number of hydrogen-bond donors (Lipinski definition) is 1. The first-order valence-corrected chi connectivity index (χ1v) is 8.66. The van der Waals surface area contributed by atoms with Crippen LogP contribution in [0.15, 0.2) is 48.5 Å². The summed E-state index contributed by atoms with van der Waals surface area (Å²) in [6.45, 7) is 6.56. The van der Waals surface area contributed by atoms with E-state index < -0.39 is 0 Å². The van der Waals surface area contributed by atoms with E-state index >= 15 is 0 Å². The average molecular weight is 324 g/mol. The number of fused-ring (bicyclic) bond motifs is 1. The molecule has 0 unspecified atom stereocenters. The number of anilines is 1. The van der Waals surface area contributed by atoms with Crippen LogP contribution < -0.4 is 15.0 Å². The molecule has 2 aromatic carbocycles. The third-order valence-corrected chi connectivity index (χ3v) is 4.32. The summed E-state index contributed by atoms with van der Waals surface area (Å²) in [5.74, 6) is 1.71. The Kier molecular flexibility index (Phi) is 5.04. The molecule has 0 bridgehead atoms. The predicted octanol–water partition coefficient (Wildman–Crippen LogP) is 3.70. The molecule has 0 amide bonds. The molecule has 0 aliphatic carbocycles. The number of ether oxygens (including phenoxy) is 1. The van der Waals surface area contributed by atoms with Gasteiger partial charge < -0.3 is 4.74 Å². The number of nitrogen functional groups attached to an aromatic ring is 1. The highest BCUT2D eigenvalue weighted by molar-refractivity contribution is 5.73. The van der Waals surface area contributed by atoms with E-state index in [1.165, 1.54) is 16.6 Å². The molecule has 0 saturated carbocycles. The fourth-order valence-corrected chi connectivity index (χ4v) is 3.06. The quantitative estimate of drug-likeness (QED) is 0.674. The van der Waals surface area contributed by atoms with Gasteiger partial charge in [-0.1, -0.05) is 37.6 Å². The molecule has 0 spiro atoms. The van der Waals surface area contributed by atoms with Crippen LogP contribution in [-0.2, 0) is 13.1 Å². The van der Waals surface area contributed by atoms with Gasteiger partial charge in [-0.15, -0.1) is 0 Å². The summed E-state index contributed by atoms with van der Waals surface area (Å²) >= 11 is 0. The van der Waals surface area contributed by atoms with Gasteiger partial charge in [0.05, 0.1) is 6.54 Å². The van der Waals surface area contributed by atoms with Crippen molar-refractivity contribution < 1.29 is 9.30 Å². The van der Waals surface area contributed by atoms with Crippen LogP contribution in [0.25, 0.3) is 11.0 Å². The summed E-state index contributed by atoms with van der Waals surface area (Å²) in [5, 5.41) is 0. The summed E-state index contributed by atoms with van der Waals surface area (Å²) in [6.07, 6.45) is 2.28. The van der Waals surface area contributed by atoms with Gasteiger partial charge in [-0.05, 0) is 43.2 Å². The molecule has 2 N–H and O–H groups in total. The molecule has 1 aromatic heterocycles. The zero-order valence-corrected chi connectivity index (χ0v) is 14.5. The number of para-hydroxylation sites is 2. The molecule has 24 heavy (non-hydrogen) atoms. The molecule has 0 aliphatic heterocycles. The van der Waals surface area contributed by atoms with Gasteiger partial charge in [0.25, 0.3) is 0 Å². The smallest absolute Gasteiger partial charge is 0.356 e. The van der Waals surface area contributed by atoms with Crippen molar-refractivity contribution in [2.45, 2.75) is 39.8 Å². The van der Waals surface area contributed by atoms with Crippen LogP contribution in [-0.4, -0.2) is 11.2 Å². The van der Waals surface area contributed by atoms with Crippen molar-refractivity contribution in [3.63, 3.8) is 0 Å². The molecular formula is C20H26N3O+. The topological polar surface area (TPSA) is 44.1 Å². The maximum absolute atomic E-state index is 6.43. The highest BCUT2D eigenvalue weighted by atomic mass is 16.5. The van der Waals surface area contributed by atoms with Crippen LogP contribution in [0.2, 0.25) is 0 Å². The first kappa shape index (κ1) is 16.4. The van der Waals surface area contributed by atoms with E-state index in [2.05, 4.69) is 59.4 Å². The Balaban J connectivity index is 1.80. The Labute approximate surface area is 143 Å². The summed E-state index contributed by atoms with van der Waals surface area (Å²) in [6, 6.07) is 16.5. The van der Waals surface area contributed by atoms with Crippen molar-refractivity contribution in [3.05, 3.63) is 54.1 Å². The summed E-state index contributed by atoms with van der Waals surface area (Å²) in [7, 11) is 0. The monoisotopic (exact) mass is 324 g/mol. The minimum Gasteiger partial charge on any atom is -0.490 e. The fourth-order valence-electron chi connectivity index (χ4n) is 3.06. The lowest BCUT2D eigenvalue weighted by molar-refractivity contribution is -0.657. The highest BCUT2D eigenvalue weighted by Crippen LogP contribution is 2.17. The Morgan fingerprint density at radius 2 is 1.96 bits per heavy atom. The van der Waals surface area contributed by atoms with Crippen LogP contribution in [0.4, 0.5) is 5.95 Å². The summed E-state index contributed by atoms with van der Waals surface area (Å²) in [4.78, 5) is 0. The van der Waals surface area contributed by atoms with Gasteiger partial charge in [0, 0.05) is 0 Å². The first-order chi connectivity index (χ1) is 11.7. The second-order valence-electron chi connectivity index (χ2n) is 6.17. The molecule has 4 heteroatoms. The first-order valence-electron chi connectivity index (χ1n) is 8.66. The molecule has 4 nitrogen and oxygen atoms in total. The molecule has 0 fully saturated rings. The van der Waals surface area contributed by atoms with E-state index in [0.29, 0.717) is 6.61 Å². The molecule has 1 heterocycles. The number of imidazole rings is 1. The Morgan fingerprint density at radius 1 is 1.12 bits per heavy atom. The van der Waals surface area contributed by atoms with Crippen LogP contribution in [0.5, 0.6) is 5.75 Å². The number of benzene rings is 2. The summed E-state index contributed by atoms with van der Waals surface area (Å²) < 4.78 is 10.3. The average Bonchev–Trinajstić information content (AvgIpc) is 2.85. The minimum atomic E-state index is 0.597. The SMILES string of the molecule is CCCC[n+]1c(N)n(CCOc2cccc(C)c2)c2ccccc21. The number of nitrogens with two attached hydrogens (primary N) is 1. The highest BCUT2D eigenvalue weighted by Gasteiger charge is 2.20. The van der Waals surface area contributed by atoms with Crippen molar-refractivity contribution >= 4 is 17.0 Å². The minimum absolute atomic E-state index is 0.597. The van der Waals surface area contributed by atoms with E-state index in [1.807, 2.05) is 12.1 Å². The van der Waals surface area contributed by atoms with Gasteiger partial charge in [-0.25, -0.2) is 9.13 Å². The predicted molar refractivity (Wildman–Crippen MR) is 98.1 cm³/mol. The van der Waals surface area contributed by atoms with Gasteiger partial charge in [-0.2, -0.15) is 0 Å². The third kappa shape index (κ3) is 3.37. The van der Waals surface area contributed by atoms with Gasteiger partial charge in [0.1, 0.15) is 29.9 Å². The molecule has 0 aliphatic rings. The molecule has 3 aromatic rings. The molecule has 126 valence electrons. The second kappa shape index (κ2) is 7.39. The number of hydrogen-bond acceptors (Lipinski definition) is 2. The Hall–Kier alpha value is -2.49.